The number of rotatable bonds is 5. The fourth-order valence-electron chi connectivity index (χ4n) is 2.62. The lowest BCUT2D eigenvalue weighted by molar-refractivity contribution is 0.581. The Hall–Kier alpha value is -1.40. The molecule has 0 amide bonds. The largest absolute Gasteiger partial charge is 0.309 e. The Morgan fingerprint density at radius 3 is 2.35 bits per heavy atom. The van der Waals surface area contributed by atoms with Crippen molar-refractivity contribution in [2.45, 2.75) is 37.9 Å². The lowest BCUT2D eigenvalue weighted by Gasteiger charge is -2.09. The predicted octanol–water partition coefficient (Wildman–Crippen LogP) is 2.75. The number of benzene rings is 2. The second-order valence-corrected chi connectivity index (χ2v) is 7.30. The lowest BCUT2D eigenvalue weighted by Crippen LogP contribution is -2.23. The summed E-state index contributed by atoms with van der Waals surface area (Å²) in [6.45, 7) is 4.11. The van der Waals surface area contributed by atoms with E-state index in [1.807, 2.05) is 25.1 Å². The van der Waals surface area contributed by atoms with Crippen LogP contribution in [0, 0.1) is 0 Å². The maximum atomic E-state index is 12.3. The Bertz CT molecular complexity index is 774. The number of hydrogen-bond donors (Lipinski definition) is 2. The second-order valence-electron chi connectivity index (χ2n) is 5.53. The Labute approximate surface area is 143 Å². The fraction of sp³-hybridized carbons (Fsp3) is 0.294. The van der Waals surface area contributed by atoms with Crippen LogP contribution in [0.3, 0.4) is 0 Å². The third-order valence-corrected chi connectivity index (χ3v) is 5.43. The molecule has 3 rings (SSSR count). The highest BCUT2D eigenvalue weighted by Gasteiger charge is 2.15. The summed E-state index contributed by atoms with van der Waals surface area (Å²) in [6, 6.07) is 13.1. The number of sulfonamides is 1. The molecule has 0 radical (unpaired) electrons. The quantitative estimate of drug-likeness (QED) is 0.870. The van der Waals surface area contributed by atoms with Crippen LogP contribution in [-0.4, -0.2) is 8.42 Å². The van der Waals surface area contributed by atoms with Crippen molar-refractivity contribution in [2.75, 3.05) is 0 Å². The van der Waals surface area contributed by atoms with E-state index in [9.17, 15) is 8.42 Å². The Morgan fingerprint density at radius 1 is 1.00 bits per heavy atom. The van der Waals surface area contributed by atoms with Crippen molar-refractivity contribution in [2.24, 2.45) is 0 Å². The summed E-state index contributed by atoms with van der Waals surface area (Å²) in [6.07, 6.45) is 0.900. The highest BCUT2D eigenvalue weighted by molar-refractivity contribution is 7.89. The molecule has 0 saturated carbocycles. The van der Waals surface area contributed by atoms with E-state index in [-0.39, 0.29) is 12.4 Å². The monoisotopic (exact) mass is 352 g/mol. The normalized spacial score (nSPS) is 13.4. The first-order valence-electron chi connectivity index (χ1n) is 7.48. The molecule has 2 aromatic carbocycles. The van der Waals surface area contributed by atoms with Gasteiger partial charge in [-0.3, -0.25) is 0 Å². The summed E-state index contributed by atoms with van der Waals surface area (Å²) in [7, 11) is -3.46. The van der Waals surface area contributed by atoms with Gasteiger partial charge in [0.25, 0.3) is 0 Å². The molecule has 0 spiro atoms. The molecule has 23 heavy (non-hydrogen) atoms. The molecule has 0 bridgehead atoms. The van der Waals surface area contributed by atoms with E-state index in [4.69, 9.17) is 0 Å². The first-order valence-corrected chi connectivity index (χ1v) is 8.97. The number of nitrogens with one attached hydrogen (secondary N) is 2. The zero-order valence-corrected chi connectivity index (χ0v) is 14.6. The van der Waals surface area contributed by atoms with Gasteiger partial charge in [-0.25, -0.2) is 13.1 Å². The highest BCUT2D eigenvalue weighted by atomic mass is 35.5. The summed E-state index contributed by atoms with van der Waals surface area (Å²) in [5, 5.41) is 3.29. The molecule has 1 aliphatic rings. The standard InChI is InChI=1S/C17H20N2O2S.ClH/c1-2-13-4-7-17(8-5-13)22(20,21)19-10-14-3-6-15-11-18-12-16(15)9-14;/h3-9,18-19H,2,10-12H2,1H3;1H. The number of halogens is 1. The van der Waals surface area contributed by atoms with Crippen molar-refractivity contribution in [1.29, 1.82) is 0 Å². The van der Waals surface area contributed by atoms with Gasteiger partial charge in [-0.15, -0.1) is 12.4 Å². The lowest BCUT2D eigenvalue weighted by atomic mass is 10.1. The molecule has 124 valence electrons. The summed E-state index contributed by atoms with van der Waals surface area (Å²) < 4.78 is 27.3. The molecule has 4 nitrogen and oxygen atoms in total. The molecule has 1 aliphatic heterocycles. The topological polar surface area (TPSA) is 58.2 Å². The molecule has 1 heterocycles. The smallest absolute Gasteiger partial charge is 0.240 e. The third-order valence-electron chi connectivity index (χ3n) is 4.01. The van der Waals surface area contributed by atoms with Crippen molar-refractivity contribution in [3.05, 3.63) is 64.7 Å². The Kier molecular flexibility index (Phi) is 5.81. The van der Waals surface area contributed by atoms with Gasteiger partial charge in [0.05, 0.1) is 4.90 Å². The van der Waals surface area contributed by atoms with Crippen molar-refractivity contribution in [3.63, 3.8) is 0 Å². The van der Waals surface area contributed by atoms with Gasteiger partial charge in [0.1, 0.15) is 0 Å². The molecule has 6 heteroatoms. The average Bonchev–Trinajstić information content (AvgIpc) is 3.01. The van der Waals surface area contributed by atoms with Gasteiger partial charge in [0.15, 0.2) is 0 Å². The molecule has 2 aromatic rings. The van der Waals surface area contributed by atoms with Gasteiger partial charge in [0.2, 0.25) is 10.0 Å². The van der Waals surface area contributed by atoms with Crippen LogP contribution in [0.15, 0.2) is 47.4 Å². The van der Waals surface area contributed by atoms with Crippen LogP contribution in [0.5, 0.6) is 0 Å². The molecule has 0 aromatic heterocycles. The average molecular weight is 353 g/mol. The van der Waals surface area contributed by atoms with Crippen LogP contribution >= 0.6 is 12.4 Å². The van der Waals surface area contributed by atoms with Crippen molar-refractivity contribution < 1.29 is 8.42 Å². The Morgan fingerprint density at radius 2 is 1.65 bits per heavy atom. The first-order chi connectivity index (χ1) is 10.6. The van der Waals surface area contributed by atoms with E-state index in [0.717, 1.165) is 30.6 Å². The van der Waals surface area contributed by atoms with E-state index >= 15 is 0 Å². The SMILES string of the molecule is CCc1ccc(S(=O)(=O)NCc2ccc3c(c2)CNC3)cc1.Cl. The molecule has 0 fully saturated rings. The number of aryl methyl sites for hydroxylation is 1. The maximum absolute atomic E-state index is 12.3. The molecule has 0 aliphatic carbocycles. The number of hydrogen-bond acceptors (Lipinski definition) is 3. The molecular formula is C17H21ClN2O2S. The molecule has 0 unspecified atom stereocenters. The van der Waals surface area contributed by atoms with Crippen molar-refractivity contribution in [1.82, 2.24) is 10.0 Å². The first kappa shape index (κ1) is 17.9. The minimum Gasteiger partial charge on any atom is -0.309 e. The van der Waals surface area contributed by atoms with E-state index in [1.54, 1.807) is 12.1 Å². The zero-order valence-electron chi connectivity index (χ0n) is 13.0. The van der Waals surface area contributed by atoms with Crippen LogP contribution in [0.2, 0.25) is 0 Å². The van der Waals surface area contributed by atoms with Crippen molar-refractivity contribution in [3.8, 4) is 0 Å². The van der Waals surface area contributed by atoms with Crippen LogP contribution in [-0.2, 0) is 36.1 Å². The summed E-state index contributed by atoms with van der Waals surface area (Å²) in [4.78, 5) is 0.313. The molecule has 0 saturated heterocycles. The minimum absolute atomic E-state index is 0. The van der Waals surface area contributed by atoms with E-state index in [2.05, 4.69) is 22.2 Å². The zero-order chi connectivity index (χ0) is 15.6. The maximum Gasteiger partial charge on any atom is 0.240 e. The van der Waals surface area contributed by atoms with Gasteiger partial charge < -0.3 is 5.32 Å². The number of fused-ring (bicyclic) bond motifs is 1. The van der Waals surface area contributed by atoms with E-state index in [1.165, 1.54) is 11.1 Å². The van der Waals surface area contributed by atoms with Crippen molar-refractivity contribution >= 4 is 22.4 Å². The summed E-state index contributed by atoms with van der Waals surface area (Å²) in [5.74, 6) is 0. The Balaban J connectivity index is 0.00000192. The second kappa shape index (κ2) is 7.45. The summed E-state index contributed by atoms with van der Waals surface area (Å²) >= 11 is 0. The fourth-order valence-corrected chi connectivity index (χ4v) is 3.64. The predicted molar refractivity (Wildman–Crippen MR) is 94.1 cm³/mol. The van der Waals surface area contributed by atoms with E-state index < -0.39 is 10.0 Å². The van der Waals surface area contributed by atoms with Crippen LogP contribution < -0.4 is 10.0 Å². The third kappa shape index (κ3) is 4.12. The minimum atomic E-state index is -3.46. The van der Waals surface area contributed by atoms with Gasteiger partial charge in [-0.1, -0.05) is 37.3 Å². The summed E-state index contributed by atoms with van der Waals surface area (Å²) in [5.41, 5.74) is 4.66. The van der Waals surface area contributed by atoms with Gasteiger partial charge in [0, 0.05) is 19.6 Å². The van der Waals surface area contributed by atoms with Gasteiger partial charge >= 0.3 is 0 Å². The molecule has 2 N–H and O–H groups in total. The van der Waals surface area contributed by atoms with Crippen LogP contribution in [0.4, 0.5) is 0 Å². The highest BCUT2D eigenvalue weighted by Crippen LogP contribution is 2.18. The van der Waals surface area contributed by atoms with Crippen LogP contribution in [0.1, 0.15) is 29.2 Å². The van der Waals surface area contributed by atoms with Gasteiger partial charge in [-0.2, -0.15) is 0 Å². The molecule has 0 atom stereocenters. The van der Waals surface area contributed by atoms with Crippen LogP contribution in [0.25, 0.3) is 0 Å². The van der Waals surface area contributed by atoms with Gasteiger partial charge in [-0.05, 0) is 40.8 Å². The molecular weight excluding hydrogens is 332 g/mol. The van der Waals surface area contributed by atoms with E-state index in [0.29, 0.717) is 11.4 Å².